The molecule has 0 atom stereocenters. The average molecular weight is 219 g/mol. The first kappa shape index (κ1) is 10.3. The zero-order chi connectivity index (χ0) is 10.8. The lowest BCUT2D eigenvalue weighted by Gasteiger charge is -2.25. The first-order valence-electron chi connectivity index (χ1n) is 6.65. The zero-order valence-corrected chi connectivity index (χ0v) is 9.86. The van der Waals surface area contributed by atoms with Crippen molar-refractivity contribution in [2.75, 3.05) is 13.1 Å². The molecule has 1 aromatic rings. The van der Waals surface area contributed by atoms with Crippen molar-refractivity contribution < 1.29 is 0 Å². The highest BCUT2D eigenvalue weighted by atomic mass is 15.3. The van der Waals surface area contributed by atoms with Crippen molar-refractivity contribution in [3.63, 3.8) is 0 Å². The highest BCUT2D eigenvalue weighted by Crippen LogP contribution is 2.29. The minimum atomic E-state index is 0.747. The summed E-state index contributed by atoms with van der Waals surface area (Å²) in [6, 6.07) is 0. The van der Waals surface area contributed by atoms with Gasteiger partial charge < -0.3 is 5.32 Å². The van der Waals surface area contributed by atoms with Gasteiger partial charge in [0.05, 0.1) is 6.20 Å². The van der Waals surface area contributed by atoms with Gasteiger partial charge in [-0.05, 0) is 56.2 Å². The maximum absolute atomic E-state index is 4.51. The lowest BCUT2D eigenvalue weighted by Crippen LogP contribution is -2.26. The van der Waals surface area contributed by atoms with E-state index in [-0.39, 0.29) is 0 Å². The van der Waals surface area contributed by atoms with Crippen LogP contribution in [0.4, 0.5) is 0 Å². The summed E-state index contributed by atoms with van der Waals surface area (Å²) in [6.07, 6.45) is 11.2. The highest BCUT2D eigenvalue weighted by molar-refractivity contribution is 5.12. The van der Waals surface area contributed by atoms with Crippen LogP contribution in [0.2, 0.25) is 0 Å². The number of nitrogens with one attached hydrogen (secondary N) is 1. The number of rotatable bonds is 3. The Kier molecular flexibility index (Phi) is 2.96. The molecular formula is C13H21N3. The smallest absolute Gasteiger partial charge is 0.0524 e. The van der Waals surface area contributed by atoms with Gasteiger partial charge >= 0.3 is 0 Å². The predicted molar refractivity (Wildman–Crippen MR) is 64.4 cm³/mol. The van der Waals surface area contributed by atoms with Crippen molar-refractivity contribution in [3.05, 3.63) is 18.0 Å². The van der Waals surface area contributed by atoms with E-state index >= 15 is 0 Å². The van der Waals surface area contributed by atoms with Gasteiger partial charge in [0.2, 0.25) is 0 Å². The van der Waals surface area contributed by atoms with E-state index in [1.165, 1.54) is 50.8 Å². The molecule has 0 bridgehead atoms. The van der Waals surface area contributed by atoms with Crippen LogP contribution >= 0.6 is 0 Å². The van der Waals surface area contributed by atoms with Crippen LogP contribution < -0.4 is 5.32 Å². The standard InChI is InChI=1S/C13H21N3/c1-2-11(3-1)9-16-10-13(8-15-16)12-4-6-14-7-5-12/h8,10-12,14H,1-7,9H2. The van der Waals surface area contributed by atoms with Gasteiger partial charge in [-0.3, -0.25) is 4.68 Å². The van der Waals surface area contributed by atoms with E-state index in [2.05, 4.69) is 27.5 Å². The summed E-state index contributed by atoms with van der Waals surface area (Å²) in [6.45, 7) is 3.47. The molecule has 3 nitrogen and oxygen atoms in total. The Morgan fingerprint density at radius 2 is 2.06 bits per heavy atom. The first-order chi connectivity index (χ1) is 7.92. The number of hydrogen-bond acceptors (Lipinski definition) is 2. The van der Waals surface area contributed by atoms with Gasteiger partial charge in [0.15, 0.2) is 0 Å². The van der Waals surface area contributed by atoms with Crippen LogP contribution in [0.25, 0.3) is 0 Å². The van der Waals surface area contributed by atoms with Crippen molar-refractivity contribution in [3.8, 4) is 0 Å². The van der Waals surface area contributed by atoms with E-state index in [0.717, 1.165) is 18.4 Å². The summed E-state index contributed by atoms with van der Waals surface area (Å²) in [5.41, 5.74) is 1.46. The molecule has 1 saturated heterocycles. The van der Waals surface area contributed by atoms with Crippen LogP contribution in [-0.2, 0) is 6.54 Å². The molecule has 16 heavy (non-hydrogen) atoms. The number of nitrogens with zero attached hydrogens (tertiary/aromatic N) is 2. The molecule has 2 heterocycles. The Labute approximate surface area is 97.2 Å². The average Bonchev–Trinajstić information content (AvgIpc) is 2.73. The van der Waals surface area contributed by atoms with Gasteiger partial charge in [0, 0.05) is 12.7 Å². The van der Waals surface area contributed by atoms with Gasteiger partial charge in [-0.1, -0.05) is 6.42 Å². The van der Waals surface area contributed by atoms with E-state index in [0.29, 0.717) is 0 Å². The topological polar surface area (TPSA) is 29.9 Å². The molecule has 0 aromatic carbocycles. The van der Waals surface area contributed by atoms with Crippen LogP contribution in [0.3, 0.4) is 0 Å². The van der Waals surface area contributed by atoms with Gasteiger partial charge in [0.25, 0.3) is 0 Å². The Morgan fingerprint density at radius 3 is 2.75 bits per heavy atom. The molecule has 1 N–H and O–H groups in total. The molecular weight excluding hydrogens is 198 g/mol. The molecule has 0 amide bonds. The van der Waals surface area contributed by atoms with Gasteiger partial charge in [-0.25, -0.2) is 0 Å². The summed E-state index contributed by atoms with van der Waals surface area (Å²) in [5, 5.41) is 7.92. The number of hydrogen-bond donors (Lipinski definition) is 1. The van der Waals surface area contributed by atoms with Gasteiger partial charge in [-0.15, -0.1) is 0 Å². The van der Waals surface area contributed by atoms with Crippen molar-refractivity contribution in [2.24, 2.45) is 5.92 Å². The molecule has 1 aliphatic heterocycles. The Bertz CT molecular complexity index is 335. The van der Waals surface area contributed by atoms with Gasteiger partial charge in [-0.2, -0.15) is 5.10 Å². The third-order valence-electron chi connectivity index (χ3n) is 4.13. The van der Waals surface area contributed by atoms with Crippen LogP contribution in [-0.4, -0.2) is 22.9 Å². The summed E-state index contributed by atoms with van der Waals surface area (Å²) in [5.74, 6) is 1.65. The molecule has 2 fully saturated rings. The van der Waals surface area contributed by atoms with Crippen LogP contribution in [0.1, 0.15) is 43.6 Å². The number of aromatic nitrogens is 2. The minimum absolute atomic E-state index is 0.747. The third-order valence-corrected chi connectivity index (χ3v) is 4.13. The summed E-state index contributed by atoms with van der Waals surface area (Å²) in [7, 11) is 0. The van der Waals surface area contributed by atoms with Crippen LogP contribution in [0.15, 0.2) is 12.4 Å². The normalized spacial score (nSPS) is 23.2. The van der Waals surface area contributed by atoms with E-state index in [4.69, 9.17) is 0 Å². The summed E-state index contributed by atoms with van der Waals surface area (Å²) in [4.78, 5) is 0. The van der Waals surface area contributed by atoms with E-state index < -0.39 is 0 Å². The highest BCUT2D eigenvalue weighted by Gasteiger charge is 2.20. The Morgan fingerprint density at radius 1 is 1.25 bits per heavy atom. The van der Waals surface area contributed by atoms with E-state index in [9.17, 15) is 0 Å². The second kappa shape index (κ2) is 4.58. The fourth-order valence-electron chi connectivity index (χ4n) is 2.79. The van der Waals surface area contributed by atoms with Gasteiger partial charge in [0.1, 0.15) is 0 Å². The first-order valence-corrected chi connectivity index (χ1v) is 6.65. The number of piperidine rings is 1. The SMILES string of the molecule is c1nn(CC2CCC2)cc1C1CCNCC1. The quantitative estimate of drug-likeness (QED) is 0.844. The third kappa shape index (κ3) is 2.14. The van der Waals surface area contributed by atoms with Crippen molar-refractivity contribution in [2.45, 2.75) is 44.6 Å². The molecule has 3 rings (SSSR count). The molecule has 2 aliphatic rings. The van der Waals surface area contributed by atoms with Crippen LogP contribution in [0.5, 0.6) is 0 Å². The summed E-state index contributed by atoms with van der Waals surface area (Å²) < 4.78 is 2.17. The fraction of sp³-hybridized carbons (Fsp3) is 0.769. The Balaban J connectivity index is 1.61. The van der Waals surface area contributed by atoms with Crippen molar-refractivity contribution in [1.82, 2.24) is 15.1 Å². The predicted octanol–water partition coefficient (Wildman–Crippen LogP) is 2.15. The van der Waals surface area contributed by atoms with Crippen LogP contribution in [0, 0.1) is 5.92 Å². The molecule has 1 saturated carbocycles. The maximum Gasteiger partial charge on any atom is 0.0524 e. The maximum atomic E-state index is 4.51. The molecule has 0 spiro atoms. The summed E-state index contributed by atoms with van der Waals surface area (Å²) >= 11 is 0. The molecule has 1 aromatic heterocycles. The second-order valence-electron chi connectivity index (χ2n) is 5.32. The lowest BCUT2D eigenvalue weighted by molar-refractivity contribution is 0.266. The second-order valence-corrected chi connectivity index (χ2v) is 5.32. The molecule has 1 aliphatic carbocycles. The van der Waals surface area contributed by atoms with E-state index in [1.54, 1.807) is 0 Å². The zero-order valence-electron chi connectivity index (χ0n) is 9.86. The van der Waals surface area contributed by atoms with Crippen molar-refractivity contribution in [1.29, 1.82) is 0 Å². The lowest BCUT2D eigenvalue weighted by atomic mass is 9.85. The monoisotopic (exact) mass is 219 g/mol. The minimum Gasteiger partial charge on any atom is -0.317 e. The largest absolute Gasteiger partial charge is 0.317 e. The Hall–Kier alpha value is -0.830. The van der Waals surface area contributed by atoms with Crippen molar-refractivity contribution >= 4 is 0 Å². The molecule has 88 valence electrons. The molecule has 0 unspecified atom stereocenters. The molecule has 3 heteroatoms. The van der Waals surface area contributed by atoms with E-state index in [1.807, 2.05) is 0 Å². The fourth-order valence-corrected chi connectivity index (χ4v) is 2.79. The molecule has 0 radical (unpaired) electrons.